The predicted octanol–water partition coefficient (Wildman–Crippen LogP) is 2.05. The summed E-state index contributed by atoms with van der Waals surface area (Å²) >= 11 is 0. The Bertz CT molecular complexity index is 404. The topological polar surface area (TPSA) is 38.5 Å². The molecule has 2 fully saturated rings. The molecule has 1 aliphatic carbocycles. The van der Waals surface area contributed by atoms with Crippen molar-refractivity contribution in [1.82, 2.24) is 4.90 Å². The summed E-state index contributed by atoms with van der Waals surface area (Å²) in [5, 5.41) is 0. The van der Waals surface area contributed by atoms with Gasteiger partial charge in [-0.2, -0.15) is 0 Å². The monoisotopic (exact) mass is 260 g/mol. The minimum Gasteiger partial charge on any atom is -0.492 e. The molecule has 0 amide bonds. The van der Waals surface area contributed by atoms with Crippen molar-refractivity contribution < 1.29 is 4.74 Å². The van der Waals surface area contributed by atoms with E-state index in [9.17, 15) is 0 Å². The van der Waals surface area contributed by atoms with Crippen molar-refractivity contribution >= 4 is 0 Å². The molecule has 104 valence electrons. The average Bonchev–Trinajstić information content (AvgIpc) is 3.03. The summed E-state index contributed by atoms with van der Waals surface area (Å²) in [6.07, 6.45) is 5.22. The van der Waals surface area contributed by atoms with Gasteiger partial charge in [0.1, 0.15) is 12.4 Å². The van der Waals surface area contributed by atoms with E-state index in [0.29, 0.717) is 6.54 Å². The third-order valence-electron chi connectivity index (χ3n) is 4.53. The molecule has 0 spiro atoms. The first-order valence-electron chi connectivity index (χ1n) is 7.51. The highest BCUT2D eigenvalue weighted by Gasteiger charge is 2.37. The summed E-state index contributed by atoms with van der Waals surface area (Å²) in [6.45, 7) is 3.88. The van der Waals surface area contributed by atoms with Crippen molar-refractivity contribution in [1.29, 1.82) is 0 Å². The first-order valence-corrected chi connectivity index (χ1v) is 7.51. The summed E-state index contributed by atoms with van der Waals surface area (Å²) in [5.74, 6) is 1.95. The summed E-state index contributed by atoms with van der Waals surface area (Å²) in [5.41, 5.74) is 6.83. The summed E-state index contributed by atoms with van der Waals surface area (Å²) < 4.78 is 5.84. The minimum atomic E-state index is 0.706. The van der Waals surface area contributed by atoms with Crippen LogP contribution in [-0.4, -0.2) is 37.2 Å². The van der Waals surface area contributed by atoms with E-state index in [0.717, 1.165) is 37.3 Å². The molecule has 2 bridgehead atoms. The van der Waals surface area contributed by atoms with Crippen LogP contribution in [0.5, 0.6) is 5.75 Å². The highest BCUT2D eigenvalue weighted by Crippen LogP contribution is 2.36. The molecular weight excluding hydrogens is 236 g/mol. The van der Waals surface area contributed by atoms with E-state index in [1.54, 1.807) is 0 Å². The number of rotatable bonds is 6. The number of fused-ring (bicyclic) bond motifs is 2. The molecular formula is C16H24N2O. The Morgan fingerprint density at radius 2 is 2.05 bits per heavy atom. The second-order valence-electron chi connectivity index (χ2n) is 5.86. The van der Waals surface area contributed by atoms with Gasteiger partial charge in [-0.05, 0) is 55.8 Å². The molecule has 1 aromatic rings. The van der Waals surface area contributed by atoms with Crippen molar-refractivity contribution in [3.63, 3.8) is 0 Å². The zero-order chi connectivity index (χ0) is 13.1. The fraction of sp³-hybridized carbons (Fsp3) is 0.625. The largest absolute Gasteiger partial charge is 0.492 e. The molecule has 19 heavy (non-hydrogen) atoms. The number of nitrogens with zero attached hydrogens (tertiary/aromatic N) is 1. The molecule has 3 nitrogen and oxygen atoms in total. The molecule has 0 aromatic heterocycles. The van der Waals surface area contributed by atoms with Crippen LogP contribution in [0.2, 0.25) is 0 Å². The summed E-state index contributed by atoms with van der Waals surface area (Å²) in [4.78, 5) is 2.61. The van der Waals surface area contributed by atoms with Crippen LogP contribution in [0.3, 0.4) is 0 Å². The lowest BCUT2D eigenvalue weighted by Gasteiger charge is -2.26. The zero-order valence-electron chi connectivity index (χ0n) is 11.6. The molecule has 1 aromatic carbocycles. The fourth-order valence-corrected chi connectivity index (χ4v) is 3.50. The highest BCUT2D eigenvalue weighted by atomic mass is 16.5. The van der Waals surface area contributed by atoms with Crippen LogP contribution >= 0.6 is 0 Å². The molecule has 3 rings (SSSR count). The van der Waals surface area contributed by atoms with Gasteiger partial charge >= 0.3 is 0 Å². The van der Waals surface area contributed by atoms with Gasteiger partial charge in [0.2, 0.25) is 0 Å². The Balaban J connectivity index is 1.42. The lowest BCUT2D eigenvalue weighted by Crippen LogP contribution is -2.35. The van der Waals surface area contributed by atoms with Crippen LogP contribution < -0.4 is 10.5 Å². The first-order chi connectivity index (χ1) is 9.35. The molecule has 3 heteroatoms. The van der Waals surface area contributed by atoms with Gasteiger partial charge in [-0.25, -0.2) is 0 Å². The second kappa shape index (κ2) is 5.93. The van der Waals surface area contributed by atoms with Crippen LogP contribution in [0.4, 0.5) is 0 Å². The first kappa shape index (κ1) is 12.9. The SMILES string of the molecule is NCCc1ccc(OCCN2CC3CCC2C3)cc1. The Hall–Kier alpha value is -1.06. The van der Waals surface area contributed by atoms with Gasteiger partial charge in [-0.15, -0.1) is 0 Å². The average molecular weight is 260 g/mol. The molecule has 1 saturated heterocycles. The molecule has 2 aliphatic rings. The fourth-order valence-electron chi connectivity index (χ4n) is 3.50. The zero-order valence-corrected chi connectivity index (χ0v) is 11.6. The normalized spacial score (nSPS) is 25.9. The lowest BCUT2D eigenvalue weighted by atomic mass is 10.1. The summed E-state index contributed by atoms with van der Waals surface area (Å²) in [7, 11) is 0. The van der Waals surface area contributed by atoms with Gasteiger partial charge in [-0.3, -0.25) is 4.90 Å². The van der Waals surface area contributed by atoms with Crippen LogP contribution in [0.25, 0.3) is 0 Å². The number of piperidine rings is 1. The van der Waals surface area contributed by atoms with Crippen molar-refractivity contribution in [3.05, 3.63) is 29.8 Å². The van der Waals surface area contributed by atoms with Crippen LogP contribution in [0.1, 0.15) is 24.8 Å². The number of benzene rings is 1. The maximum absolute atomic E-state index is 5.84. The maximum atomic E-state index is 5.84. The lowest BCUT2D eigenvalue weighted by molar-refractivity contribution is 0.172. The van der Waals surface area contributed by atoms with Crippen molar-refractivity contribution in [2.75, 3.05) is 26.2 Å². The maximum Gasteiger partial charge on any atom is 0.119 e. The minimum absolute atomic E-state index is 0.706. The van der Waals surface area contributed by atoms with Gasteiger partial charge in [0, 0.05) is 19.1 Å². The van der Waals surface area contributed by atoms with Crippen LogP contribution in [0, 0.1) is 5.92 Å². The smallest absolute Gasteiger partial charge is 0.119 e. The van der Waals surface area contributed by atoms with Gasteiger partial charge in [0.25, 0.3) is 0 Å². The number of likely N-dealkylation sites (tertiary alicyclic amines) is 1. The Morgan fingerprint density at radius 3 is 2.68 bits per heavy atom. The Morgan fingerprint density at radius 1 is 1.21 bits per heavy atom. The van der Waals surface area contributed by atoms with Crippen molar-refractivity contribution in [3.8, 4) is 5.75 Å². The third kappa shape index (κ3) is 3.10. The Kier molecular flexibility index (Phi) is 4.04. The van der Waals surface area contributed by atoms with Gasteiger partial charge in [-0.1, -0.05) is 12.1 Å². The van der Waals surface area contributed by atoms with E-state index in [1.807, 2.05) is 0 Å². The quantitative estimate of drug-likeness (QED) is 0.851. The van der Waals surface area contributed by atoms with Crippen molar-refractivity contribution in [2.24, 2.45) is 11.7 Å². The molecule has 1 heterocycles. The van der Waals surface area contributed by atoms with Crippen LogP contribution in [-0.2, 0) is 6.42 Å². The standard InChI is InChI=1S/C16H24N2O/c17-8-7-13-2-5-16(6-3-13)19-10-9-18-12-14-1-4-15(18)11-14/h2-3,5-6,14-15H,1,4,7-12,17H2. The van der Waals surface area contributed by atoms with E-state index < -0.39 is 0 Å². The number of hydrogen-bond donors (Lipinski definition) is 1. The molecule has 2 atom stereocenters. The molecule has 0 radical (unpaired) electrons. The highest BCUT2D eigenvalue weighted by molar-refractivity contribution is 5.27. The molecule has 1 aliphatic heterocycles. The van der Waals surface area contributed by atoms with E-state index in [-0.39, 0.29) is 0 Å². The molecule has 1 saturated carbocycles. The molecule has 2 N–H and O–H groups in total. The van der Waals surface area contributed by atoms with Crippen LogP contribution in [0.15, 0.2) is 24.3 Å². The van der Waals surface area contributed by atoms with E-state index >= 15 is 0 Å². The second-order valence-corrected chi connectivity index (χ2v) is 5.86. The Labute approximate surface area is 115 Å². The van der Waals surface area contributed by atoms with Gasteiger partial charge in [0.05, 0.1) is 0 Å². The van der Waals surface area contributed by atoms with E-state index in [4.69, 9.17) is 10.5 Å². The predicted molar refractivity (Wildman–Crippen MR) is 77.4 cm³/mol. The van der Waals surface area contributed by atoms with Gasteiger partial charge in [0.15, 0.2) is 0 Å². The third-order valence-corrected chi connectivity index (χ3v) is 4.53. The number of nitrogens with two attached hydrogens (primary N) is 1. The van der Waals surface area contributed by atoms with Gasteiger partial charge < -0.3 is 10.5 Å². The van der Waals surface area contributed by atoms with E-state index in [1.165, 1.54) is 31.4 Å². The molecule has 2 unspecified atom stereocenters. The summed E-state index contributed by atoms with van der Waals surface area (Å²) in [6, 6.07) is 9.18. The van der Waals surface area contributed by atoms with Crippen molar-refractivity contribution in [2.45, 2.75) is 31.7 Å². The number of ether oxygens (including phenoxy) is 1. The number of hydrogen-bond acceptors (Lipinski definition) is 3. The van der Waals surface area contributed by atoms with E-state index in [2.05, 4.69) is 29.2 Å².